The highest BCUT2D eigenvalue weighted by atomic mass is 79.9. The van der Waals surface area contributed by atoms with E-state index in [0.717, 1.165) is 21.8 Å². The summed E-state index contributed by atoms with van der Waals surface area (Å²) in [5.41, 5.74) is 0.951. The molecule has 0 aliphatic heterocycles. The highest BCUT2D eigenvalue weighted by Gasteiger charge is 2.04. The van der Waals surface area contributed by atoms with E-state index in [0.29, 0.717) is 18.8 Å². The monoisotopic (exact) mass is 336 g/mol. The Morgan fingerprint density at radius 2 is 1.95 bits per heavy atom. The summed E-state index contributed by atoms with van der Waals surface area (Å²) < 4.78 is 0.978. The lowest BCUT2D eigenvalue weighted by Gasteiger charge is -2.11. The number of nitrogens with one attached hydrogen (secondary N) is 2. The maximum atomic E-state index is 8.79. The molecule has 0 radical (unpaired) electrons. The number of rotatable bonds is 6. The Bertz CT molecular complexity index is 577. The fraction of sp³-hybridized carbons (Fsp3) is 0.286. The largest absolute Gasteiger partial charge is 0.396 e. The van der Waals surface area contributed by atoms with Crippen LogP contribution in [0.2, 0.25) is 0 Å². The van der Waals surface area contributed by atoms with E-state index in [1.807, 2.05) is 37.3 Å². The van der Waals surface area contributed by atoms with Crippen molar-refractivity contribution in [1.29, 1.82) is 0 Å². The Morgan fingerprint density at radius 1 is 1.20 bits per heavy atom. The van der Waals surface area contributed by atoms with Crippen LogP contribution in [0.25, 0.3) is 0 Å². The number of nitrogens with zero attached hydrogens (tertiary/aromatic N) is 2. The van der Waals surface area contributed by atoms with Crippen LogP contribution in [0, 0.1) is 6.92 Å². The molecule has 0 unspecified atom stereocenters. The molecule has 0 saturated heterocycles. The second kappa shape index (κ2) is 7.21. The van der Waals surface area contributed by atoms with Crippen LogP contribution >= 0.6 is 15.9 Å². The molecule has 0 spiro atoms. The van der Waals surface area contributed by atoms with Gasteiger partial charge in [-0.2, -0.15) is 0 Å². The lowest BCUT2D eigenvalue weighted by atomic mass is 10.3. The molecule has 1 heterocycles. The number of aliphatic hydroxyl groups is 1. The van der Waals surface area contributed by atoms with Gasteiger partial charge >= 0.3 is 0 Å². The number of hydrogen-bond acceptors (Lipinski definition) is 5. The minimum Gasteiger partial charge on any atom is -0.396 e. The summed E-state index contributed by atoms with van der Waals surface area (Å²) in [7, 11) is 0. The van der Waals surface area contributed by atoms with E-state index in [4.69, 9.17) is 5.11 Å². The third kappa shape index (κ3) is 4.18. The van der Waals surface area contributed by atoms with Crippen molar-refractivity contribution in [2.75, 3.05) is 23.8 Å². The van der Waals surface area contributed by atoms with Crippen LogP contribution in [0.3, 0.4) is 0 Å². The van der Waals surface area contributed by atoms with E-state index >= 15 is 0 Å². The predicted octanol–water partition coefficient (Wildman–Crippen LogP) is 3.09. The Morgan fingerprint density at radius 3 is 2.70 bits per heavy atom. The molecule has 106 valence electrons. The van der Waals surface area contributed by atoms with Crippen LogP contribution in [0.4, 0.5) is 17.3 Å². The average molecular weight is 337 g/mol. The lowest BCUT2D eigenvalue weighted by molar-refractivity contribution is 0.292. The molecule has 1 aromatic carbocycles. The number of para-hydroxylation sites is 1. The van der Waals surface area contributed by atoms with E-state index in [1.165, 1.54) is 0 Å². The molecule has 0 bridgehead atoms. The zero-order chi connectivity index (χ0) is 14.4. The van der Waals surface area contributed by atoms with Gasteiger partial charge in [-0.3, -0.25) is 0 Å². The van der Waals surface area contributed by atoms with Crippen molar-refractivity contribution in [2.45, 2.75) is 13.3 Å². The Hall–Kier alpha value is -1.66. The van der Waals surface area contributed by atoms with Crippen molar-refractivity contribution in [3.05, 3.63) is 40.6 Å². The third-order valence-corrected chi connectivity index (χ3v) is 3.31. The van der Waals surface area contributed by atoms with Crippen molar-refractivity contribution in [3.8, 4) is 0 Å². The van der Waals surface area contributed by atoms with Gasteiger partial charge in [0.1, 0.15) is 17.5 Å². The first-order chi connectivity index (χ1) is 9.69. The smallest absolute Gasteiger partial charge is 0.136 e. The predicted molar refractivity (Wildman–Crippen MR) is 84.4 cm³/mol. The quantitative estimate of drug-likeness (QED) is 0.707. The van der Waals surface area contributed by atoms with Gasteiger partial charge in [0.25, 0.3) is 0 Å². The third-order valence-electron chi connectivity index (χ3n) is 2.62. The summed E-state index contributed by atoms with van der Waals surface area (Å²) in [6, 6.07) is 9.71. The van der Waals surface area contributed by atoms with Gasteiger partial charge in [-0.05, 0) is 41.4 Å². The van der Waals surface area contributed by atoms with E-state index in [-0.39, 0.29) is 6.61 Å². The molecule has 2 rings (SSSR count). The van der Waals surface area contributed by atoms with Gasteiger partial charge in [-0.1, -0.05) is 12.1 Å². The van der Waals surface area contributed by atoms with Crippen molar-refractivity contribution in [3.63, 3.8) is 0 Å². The van der Waals surface area contributed by atoms with Gasteiger partial charge in [0, 0.05) is 23.7 Å². The van der Waals surface area contributed by atoms with Crippen LogP contribution in [-0.2, 0) is 0 Å². The van der Waals surface area contributed by atoms with Crippen molar-refractivity contribution >= 4 is 33.3 Å². The summed E-state index contributed by atoms with van der Waals surface area (Å²) in [6.07, 6.45) is 0.691. The molecule has 0 fully saturated rings. The number of benzene rings is 1. The Kier molecular flexibility index (Phi) is 5.31. The zero-order valence-electron chi connectivity index (χ0n) is 11.2. The zero-order valence-corrected chi connectivity index (χ0v) is 12.8. The van der Waals surface area contributed by atoms with E-state index in [9.17, 15) is 0 Å². The minimum atomic E-state index is 0.166. The molecule has 0 atom stereocenters. The van der Waals surface area contributed by atoms with Crippen molar-refractivity contribution in [1.82, 2.24) is 9.97 Å². The Labute approximate surface area is 126 Å². The maximum Gasteiger partial charge on any atom is 0.136 e. The fourth-order valence-electron chi connectivity index (χ4n) is 1.72. The summed E-state index contributed by atoms with van der Waals surface area (Å²) in [6.45, 7) is 2.70. The topological polar surface area (TPSA) is 70.1 Å². The van der Waals surface area contributed by atoms with E-state index in [1.54, 1.807) is 0 Å². The first-order valence-corrected chi connectivity index (χ1v) is 7.20. The summed E-state index contributed by atoms with van der Waals surface area (Å²) >= 11 is 3.49. The van der Waals surface area contributed by atoms with Gasteiger partial charge in [-0.15, -0.1) is 0 Å². The molecule has 20 heavy (non-hydrogen) atoms. The van der Waals surface area contributed by atoms with Gasteiger partial charge in [-0.25, -0.2) is 9.97 Å². The number of anilines is 3. The first-order valence-electron chi connectivity index (χ1n) is 6.41. The molecule has 2 aromatic rings. The number of halogens is 1. The normalized spacial score (nSPS) is 10.3. The SMILES string of the molecule is Cc1nc(NCCCO)cc(Nc2ccccc2Br)n1. The molecule has 0 aliphatic rings. The molecule has 0 amide bonds. The van der Waals surface area contributed by atoms with Crippen LogP contribution in [0.5, 0.6) is 0 Å². The maximum absolute atomic E-state index is 8.79. The highest BCUT2D eigenvalue weighted by Crippen LogP contribution is 2.25. The molecule has 1 aromatic heterocycles. The average Bonchev–Trinajstić information content (AvgIpc) is 2.41. The fourth-order valence-corrected chi connectivity index (χ4v) is 2.10. The van der Waals surface area contributed by atoms with Crippen LogP contribution < -0.4 is 10.6 Å². The lowest BCUT2D eigenvalue weighted by Crippen LogP contribution is -2.07. The second-order valence-electron chi connectivity index (χ2n) is 4.29. The van der Waals surface area contributed by atoms with E-state index < -0.39 is 0 Å². The van der Waals surface area contributed by atoms with Gasteiger partial charge in [0.05, 0.1) is 5.69 Å². The molecular weight excluding hydrogens is 320 g/mol. The molecule has 3 N–H and O–H groups in total. The molecular formula is C14H17BrN4O. The van der Waals surface area contributed by atoms with Crippen LogP contribution in [-0.4, -0.2) is 28.2 Å². The van der Waals surface area contributed by atoms with Crippen LogP contribution in [0.15, 0.2) is 34.8 Å². The molecule has 6 heteroatoms. The summed E-state index contributed by atoms with van der Waals surface area (Å²) in [4.78, 5) is 8.68. The molecule has 5 nitrogen and oxygen atoms in total. The summed E-state index contributed by atoms with van der Waals surface area (Å²) in [5.74, 6) is 2.17. The van der Waals surface area contributed by atoms with E-state index in [2.05, 4.69) is 36.5 Å². The highest BCUT2D eigenvalue weighted by molar-refractivity contribution is 9.10. The second-order valence-corrected chi connectivity index (χ2v) is 5.15. The number of aryl methyl sites for hydroxylation is 1. The van der Waals surface area contributed by atoms with Crippen LogP contribution in [0.1, 0.15) is 12.2 Å². The number of aliphatic hydroxyl groups excluding tert-OH is 1. The Balaban J connectivity index is 2.13. The molecule has 0 saturated carbocycles. The van der Waals surface area contributed by atoms with Gasteiger partial charge < -0.3 is 15.7 Å². The standard InChI is InChI=1S/C14H17BrN4O/c1-10-17-13(16-7-4-8-20)9-14(18-10)19-12-6-3-2-5-11(12)15/h2-3,5-6,9,20H,4,7-8H2,1H3,(H2,16,17,18,19). The summed E-state index contributed by atoms with van der Waals surface area (Å²) in [5, 5.41) is 15.2. The van der Waals surface area contributed by atoms with Gasteiger partial charge in [0.15, 0.2) is 0 Å². The number of aromatic nitrogens is 2. The van der Waals surface area contributed by atoms with Crippen molar-refractivity contribution < 1.29 is 5.11 Å². The first kappa shape index (κ1) is 14.7. The van der Waals surface area contributed by atoms with Gasteiger partial charge in [0.2, 0.25) is 0 Å². The van der Waals surface area contributed by atoms with Crippen molar-refractivity contribution in [2.24, 2.45) is 0 Å². The number of hydrogen-bond donors (Lipinski definition) is 3. The minimum absolute atomic E-state index is 0.166. The molecule has 0 aliphatic carbocycles.